The molecule has 0 aliphatic heterocycles. The number of hydrogen-bond acceptors (Lipinski definition) is 2. The lowest BCUT2D eigenvalue weighted by molar-refractivity contribution is 0.301. The van der Waals surface area contributed by atoms with E-state index in [-0.39, 0.29) is 0 Å². The van der Waals surface area contributed by atoms with Gasteiger partial charge in [0.1, 0.15) is 11.6 Å². The molecule has 3 heteroatoms. The van der Waals surface area contributed by atoms with Crippen molar-refractivity contribution in [3.05, 3.63) is 108 Å². The summed E-state index contributed by atoms with van der Waals surface area (Å²) in [6, 6.07) is 26.9. The second-order valence-corrected chi connectivity index (χ2v) is 7.51. The molecule has 0 spiro atoms. The van der Waals surface area contributed by atoms with Gasteiger partial charge in [-0.3, -0.25) is 0 Å². The smallest absolute Gasteiger partial charge is 0.133 e. The maximum atomic E-state index is 6.05. The summed E-state index contributed by atoms with van der Waals surface area (Å²) in [6.07, 6.45) is 8.98. The van der Waals surface area contributed by atoms with Crippen LogP contribution in [0.15, 0.2) is 91.5 Å². The van der Waals surface area contributed by atoms with Crippen LogP contribution in [0.3, 0.4) is 0 Å². The number of aromatic nitrogens is 2. The van der Waals surface area contributed by atoms with Crippen LogP contribution in [0, 0.1) is 0 Å². The highest BCUT2D eigenvalue weighted by atomic mass is 16.5. The molecule has 0 bridgehead atoms. The number of benzene rings is 3. The van der Waals surface area contributed by atoms with Crippen molar-refractivity contribution in [2.45, 2.75) is 25.8 Å². The van der Waals surface area contributed by atoms with E-state index in [2.05, 4.69) is 71.8 Å². The Bertz CT molecular complexity index is 1160. The Morgan fingerprint density at radius 1 is 0.839 bits per heavy atom. The van der Waals surface area contributed by atoms with Crippen molar-refractivity contribution in [2.24, 2.45) is 0 Å². The average Bonchev–Trinajstić information content (AvgIpc) is 3.17. The van der Waals surface area contributed by atoms with Gasteiger partial charge in [0.15, 0.2) is 0 Å². The molecule has 0 fully saturated rings. The molecule has 0 saturated carbocycles. The van der Waals surface area contributed by atoms with E-state index in [1.54, 1.807) is 0 Å². The quantitative estimate of drug-likeness (QED) is 0.213. The number of aryl methyl sites for hydroxylation is 1. The topological polar surface area (TPSA) is 27.1 Å². The fourth-order valence-corrected chi connectivity index (χ4v) is 3.71. The van der Waals surface area contributed by atoms with Crippen molar-refractivity contribution in [1.82, 2.24) is 9.55 Å². The van der Waals surface area contributed by atoms with Crippen molar-refractivity contribution in [1.29, 1.82) is 0 Å². The van der Waals surface area contributed by atoms with Crippen molar-refractivity contribution >= 4 is 23.2 Å². The summed E-state index contributed by atoms with van der Waals surface area (Å²) >= 11 is 0. The maximum Gasteiger partial charge on any atom is 0.133 e. The predicted octanol–water partition coefficient (Wildman–Crippen LogP) is 6.79. The summed E-state index contributed by atoms with van der Waals surface area (Å²) in [7, 11) is 0. The van der Waals surface area contributed by atoms with Gasteiger partial charge in [0.25, 0.3) is 0 Å². The molecule has 0 saturated heterocycles. The van der Waals surface area contributed by atoms with Gasteiger partial charge in [-0.1, -0.05) is 72.8 Å². The summed E-state index contributed by atoms with van der Waals surface area (Å²) in [4.78, 5) is 4.84. The van der Waals surface area contributed by atoms with Crippen LogP contribution in [0.5, 0.6) is 5.75 Å². The second-order valence-electron chi connectivity index (χ2n) is 7.51. The van der Waals surface area contributed by atoms with E-state index in [0.29, 0.717) is 6.61 Å². The fraction of sp³-hybridized carbons (Fsp3) is 0.179. The molecule has 31 heavy (non-hydrogen) atoms. The molecular weight excluding hydrogens is 380 g/mol. The van der Waals surface area contributed by atoms with Gasteiger partial charge in [0.2, 0.25) is 0 Å². The van der Waals surface area contributed by atoms with Crippen LogP contribution in [-0.2, 0) is 13.0 Å². The molecule has 156 valence electrons. The highest BCUT2D eigenvalue weighted by molar-refractivity contribution is 5.79. The predicted molar refractivity (Wildman–Crippen MR) is 130 cm³/mol. The summed E-state index contributed by atoms with van der Waals surface area (Å²) < 4.78 is 8.35. The van der Waals surface area contributed by atoms with Crippen LogP contribution < -0.4 is 4.74 Å². The first-order valence-corrected chi connectivity index (χ1v) is 10.8. The van der Waals surface area contributed by atoms with E-state index in [0.717, 1.165) is 42.9 Å². The van der Waals surface area contributed by atoms with Crippen molar-refractivity contribution in [3.8, 4) is 5.75 Å². The molecule has 3 nitrogen and oxygen atoms in total. The van der Waals surface area contributed by atoms with Crippen LogP contribution in [-0.4, -0.2) is 16.2 Å². The lowest BCUT2D eigenvalue weighted by atomic mass is 10.1. The zero-order chi connectivity index (χ0) is 21.3. The monoisotopic (exact) mass is 408 g/mol. The number of rotatable bonds is 10. The van der Waals surface area contributed by atoms with Crippen LogP contribution in [0.2, 0.25) is 0 Å². The highest BCUT2D eigenvalue weighted by Crippen LogP contribution is 2.21. The zero-order valence-electron chi connectivity index (χ0n) is 17.8. The minimum absolute atomic E-state index is 0.704. The minimum atomic E-state index is 0.704. The van der Waals surface area contributed by atoms with Crippen molar-refractivity contribution in [2.75, 3.05) is 6.61 Å². The van der Waals surface area contributed by atoms with E-state index >= 15 is 0 Å². The van der Waals surface area contributed by atoms with Gasteiger partial charge in [0.05, 0.1) is 17.6 Å². The Morgan fingerprint density at radius 3 is 2.48 bits per heavy atom. The summed E-state index contributed by atoms with van der Waals surface area (Å²) in [5.74, 6) is 1.95. The maximum absolute atomic E-state index is 6.05. The van der Waals surface area contributed by atoms with Gasteiger partial charge in [-0.25, -0.2) is 4.98 Å². The molecule has 0 N–H and O–H groups in total. The second kappa shape index (κ2) is 10.4. The van der Waals surface area contributed by atoms with Crippen LogP contribution in [0.4, 0.5) is 0 Å². The number of hydrogen-bond donors (Lipinski definition) is 0. The van der Waals surface area contributed by atoms with Gasteiger partial charge in [-0.2, -0.15) is 0 Å². The number of imidazole rings is 1. The lowest BCUT2D eigenvalue weighted by Crippen LogP contribution is -2.04. The number of fused-ring (bicyclic) bond motifs is 1. The Morgan fingerprint density at radius 2 is 1.61 bits per heavy atom. The van der Waals surface area contributed by atoms with Crippen LogP contribution >= 0.6 is 0 Å². The lowest BCUT2D eigenvalue weighted by Gasteiger charge is -2.11. The molecule has 1 aromatic heterocycles. The average molecular weight is 409 g/mol. The third kappa shape index (κ3) is 5.32. The standard InChI is InChI=1S/C28H28N2O/c1-2-12-24-15-6-9-18-27(24)31-22-11-10-21-30-26-17-8-7-16-25(26)29-28(30)20-19-23-13-4-3-5-14-23/h2-9,13-20H,1,10-12,21-22H2/b20-19+. The number of para-hydroxylation sites is 3. The summed E-state index contributed by atoms with van der Waals surface area (Å²) in [6.45, 7) is 5.45. The van der Waals surface area contributed by atoms with Gasteiger partial charge in [-0.05, 0) is 54.7 Å². The molecule has 3 aromatic carbocycles. The first-order chi connectivity index (χ1) is 15.3. The summed E-state index contributed by atoms with van der Waals surface area (Å²) in [5, 5.41) is 0. The van der Waals surface area contributed by atoms with Gasteiger partial charge in [-0.15, -0.1) is 6.58 Å². The largest absolute Gasteiger partial charge is 0.493 e. The SMILES string of the molecule is C=CCc1ccccc1OCCCCn1c(/C=C/c2ccccc2)nc2ccccc21. The first kappa shape index (κ1) is 20.7. The Balaban J connectivity index is 1.41. The normalized spacial score (nSPS) is 11.2. The molecule has 4 rings (SSSR count). The van der Waals surface area contributed by atoms with E-state index in [1.165, 1.54) is 16.6 Å². The van der Waals surface area contributed by atoms with Crippen LogP contribution in [0.1, 0.15) is 29.8 Å². The van der Waals surface area contributed by atoms with Crippen molar-refractivity contribution < 1.29 is 4.74 Å². The van der Waals surface area contributed by atoms with E-state index < -0.39 is 0 Å². The molecular formula is C28H28N2O. The van der Waals surface area contributed by atoms with Gasteiger partial charge < -0.3 is 9.30 Å². The van der Waals surface area contributed by atoms with Gasteiger partial charge in [0, 0.05) is 6.54 Å². The molecule has 0 aliphatic carbocycles. The number of unbranched alkanes of at least 4 members (excludes halogenated alkanes) is 1. The minimum Gasteiger partial charge on any atom is -0.493 e. The van der Waals surface area contributed by atoms with E-state index in [4.69, 9.17) is 9.72 Å². The van der Waals surface area contributed by atoms with E-state index in [1.807, 2.05) is 36.4 Å². The van der Waals surface area contributed by atoms with Gasteiger partial charge >= 0.3 is 0 Å². The number of ether oxygens (including phenoxy) is 1. The third-order valence-corrected chi connectivity index (χ3v) is 5.28. The van der Waals surface area contributed by atoms with Crippen molar-refractivity contribution in [3.63, 3.8) is 0 Å². The first-order valence-electron chi connectivity index (χ1n) is 10.8. The molecule has 1 heterocycles. The Kier molecular flexibility index (Phi) is 6.96. The van der Waals surface area contributed by atoms with Crippen LogP contribution in [0.25, 0.3) is 23.2 Å². The molecule has 0 aliphatic rings. The highest BCUT2D eigenvalue weighted by Gasteiger charge is 2.08. The molecule has 0 atom stereocenters. The Labute approximate surface area is 184 Å². The molecule has 0 unspecified atom stereocenters. The fourth-order valence-electron chi connectivity index (χ4n) is 3.71. The summed E-state index contributed by atoms with van der Waals surface area (Å²) in [5.41, 5.74) is 4.57. The zero-order valence-corrected chi connectivity index (χ0v) is 17.8. The molecule has 4 aromatic rings. The Hall–Kier alpha value is -3.59. The molecule has 0 amide bonds. The molecule has 0 radical (unpaired) electrons. The number of nitrogens with zero attached hydrogens (tertiary/aromatic N) is 2. The number of allylic oxidation sites excluding steroid dienone is 1. The third-order valence-electron chi connectivity index (χ3n) is 5.28. The van der Waals surface area contributed by atoms with E-state index in [9.17, 15) is 0 Å².